The third-order valence-corrected chi connectivity index (χ3v) is 4.30. The average Bonchev–Trinajstić information content (AvgIpc) is 2.49. The highest BCUT2D eigenvalue weighted by Crippen LogP contribution is 2.30. The van der Waals surface area contributed by atoms with Gasteiger partial charge in [-0.2, -0.15) is 0 Å². The van der Waals surface area contributed by atoms with Gasteiger partial charge in [0.2, 0.25) is 0 Å². The van der Waals surface area contributed by atoms with Gasteiger partial charge in [-0.3, -0.25) is 4.90 Å². The van der Waals surface area contributed by atoms with Crippen LogP contribution in [0.1, 0.15) is 32.3 Å². The molecule has 1 fully saturated rings. The van der Waals surface area contributed by atoms with Crippen LogP contribution in [0.4, 0.5) is 0 Å². The van der Waals surface area contributed by atoms with Crippen LogP contribution >= 0.6 is 0 Å². The number of nitrogens with zero attached hydrogens (tertiary/aromatic N) is 1. The number of rotatable bonds is 6. The molecule has 0 bridgehead atoms. The molecule has 1 aromatic carbocycles. The minimum absolute atomic E-state index is 0.271. The average molecular weight is 292 g/mol. The molecule has 1 heterocycles. The summed E-state index contributed by atoms with van der Waals surface area (Å²) in [5, 5.41) is 13.7. The molecule has 0 aromatic heterocycles. The van der Waals surface area contributed by atoms with Crippen LogP contribution in [0.3, 0.4) is 0 Å². The monoisotopic (exact) mass is 292 g/mol. The van der Waals surface area contributed by atoms with Crippen molar-refractivity contribution in [2.24, 2.45) is 5.92 Å². The van der Waals surface area contributed by atoms with Gasteiger partial charge in [-0.05, 0) is 51.8 Å². The van der Waals surface area contributed by atoms with Crippen LogP contribution in [0, 0.1) is 5.92 Å². The highest BCUT2D eigenvalue weighted by atomic mass is 16.5. The molecule has 1 atom stereocenters. The van der Waals surface area contributed by atoms with Crippen molar-refractivity contribution >= 4 is 0 Å². The molecule has 118 valence electrons. The molecule has 0 amide bonds. The largest absolute Gasteiger partial charge is 0.504 e. The molecule has 4 heteroatoms. The second-order valence-corrected chi connectivity index (χ2v) is 6.20. The van der Waals surface area contributed by atoms with Crippen molar-refractivity contribution in [3.63, 3.8) is 0 Å². The third-order valence-electron chi connectivity index (χ3n) is 4.30. The van der Waals surface area contributed by atoms with Gasteiger partial charge in [0, 0.05) is 24.7 Å². The predicted octanol–water partition coefficient (Wildman–Crippen LogP) is 2.61. The van der Waals surface area contributed by atoms with Gasteiger partial charge < -0.3 is 15.2 Å². The maximum atomic E-state index is 10.3. The number of hydrogen-bond donors (Lipinski definition) is 2. The molecule has 2 N–H and O–H groups in total. The highest BCUT2D eigenvalue weighted by molar-refractivity contribution is 5.45. The summed E-state index contributed by atoms with van der Waals surface area (Å²) in [6, 6.07) is 6.17. The minimum atomic E-state index is 0.271. The zero-order chi connectivity index (χ0) is 15.2. The van der Waals surface area contributed by atoms with E-state index in [-0.39, 0.29) is 5.75 Å². The Morgan fingerprint density at radius 1 is 1.43 bits per heavy atom. The van der Waals surface area contributed by atoms with E-state index in [1.54, 1.807) is 13.2 Å². The first kappa shape index (κ1) is 16.1. The molecule has 1 aliphatic rings. The molecule has 21 heavy (non-hydrogen) atoms. The van der Waals surface area contributed by atoms with Crippen LogP contribution in [0.25, 0.3) is 0 Å². The van der Waals surface area contributed by atoms with E-state index in [1.807, 2.05) is 12.1 Å². The van der Waals surface area contributed by atoms with E-state index in [0.717, 1.165) is 31.7 Å². The van der Waals surface area contributed by atoms with Crippen molar-refractivity contribution in [3.05, 3.63) is 23.8 Å². The Morgan fingerprint density at radius 2 is 2.24 bits per heavy atom. The van der Waals surface area contributed by atoms with E-state index in [9.17, 15) is 5.11 Å². The fourth-order valence-corrected chi connectivity index (χ4v) is 2.95. The number of piperidine rings is 1. The van der Waals surface area contributed by atoms with Gasteiger partial charge in [-0.1, -0.05) is 12.1 Å². The molecule has 4 nitrogen and oxygen atoms in total. The first-order chi connectivity index (χ1) is 10.1. The fourth-order valence-electron chi connectivity index (χ4n) is 2.95. The number of phenolic OH excluding ortho intramolecular Hbond substituents is 1. The van der Waals surface area contributed by atoms with Crippen molar-refractivity contribution in [3.8, 4) is 11.5 Å². The number of aromatic hydroxyl groups is 1. The number of phenols is 1. The SMILES string of the molecule is COc1cccc(CN(CC2CCCNC2)C(C)C)c1O. The topological polar surface area (TPSA) is 44.7 Å². The fraction of sp³-hybridized carbons (Fsp3) is 0.647. The van der Waals surface area contributed by atoms with Crippen molar-refractivity contribution < 1.29 is 9.84 Å². The zero-order valence-electron chi connectivity index (χ0n) is 13.4. The Bertz CT molecular complexity index is 442. The summed E-state index contributed by atoms with van der Waals surface area (Å²) in [7, 11) is 1.59. The van der Waals surface area contributed by atoms with E-state index in [4.69, 9.17) is 4.74 Å². The molecular weight excluding hydrogens is 264 g/mol. The van der Waals surface area contributed by atoms with E-state index in [2.05, 4.69) is 24.1 Å². The number of nitrogens with one attached hydrogen (secondary N) is 1. The number of benzene rings is 1. The van der Waals surface area contributed by atoms with Crippen molar-refractivity contribution in [1.29, 1.82) is 0 Å². The lowest BCUT2D eigenvalue weighted by Gasteiger charge is -2.33. The molecule has 1 aromatic rings. The summed E-state index contributed by atoms with van der Waals surface area (Å²) < 4.78 is 5.20. The van der Waals surface area contributed by atoms with Crippen molar-refractivity contribution in [2.75, 3.05) is 26.7 Å². The summed E-state index contributed by atoms with van der Waals surface area (Å²) in [6.07, 6.45) is 2.56. The Labute approximate surface area is 128 Å². The van der Waals surface area contributed by atoms with Gasteiger partial charge in [-0.25, -0.2) is 0 Å². The molecule has 1 unspecified atom stereocenters. The molecule has 1 saturated heterocycles. The Balaban J connectivity index is 2.05. The minimum Gasteiger partial charge on any atom is -0.504 e. The number of ether oxygens (including phenoxy) is 1. The van der Waals surface area contributed by atoms with Gasteiger partial charge >= 0.3 is 0 Å². The highest BCUT2D eigenvalue weighted by Gasteiger charge is 2.20. The second kappa shape index (κ2) is 7.66. The first-order valence-corrected chi connectivity index (χ1v) is 7.91. The predicted molar refractivity (Wildman–Crippen MR) is 85.8 cm³/mol. The standard InChI is InChI=1S/C17H28N2O2/c1-13(2)19(11-14-6-5-9-18-10-14)12-15-7-4-8-16(21-3)17(15)20/h4,7-8,13-14,18,20H,5-6,9-12H2,1-3H3. The normalized spacial score (nSPS) is 19.2. The number of methoxy groups -OCH3 is 1. The maximum absolute atomic E-state index is 10.3. The summed E-state index contributed by atoms with van der Waals surface area (Å²) in [5.74, 6) is 1.52. The van der Waals surface area contributed by atoms with E-state index >= 15 is 0 Å². The van der Waals surface area contributed by atoms with Crippen molar-refractivity contribution in [2.45, 2.75) is 39.3 Å². The van der Waals surface area contributed by atoms with E-state index in [1.165, 1.54) is 12.8 Å². The molecule has 0 spiro atoms. The van der Waals surface area contributed by atoms with Gasteiger partial charge in [0.1, 0.15) is 0 Å². The summed E-state index contributed by atoms with van der Waals surface area (Å²) >= 11 is 0. The summed E-state index contributed by atoms with van der Waals surface area (Å²) in [4.78, 5) is 2.44. The summed E-state index contributed by atoms with van der Waals surface area (Å²) in [6.45, 7) is 8.52. The smallest absolute Gasteiger partial charge is 0.162 e. The molecular formula is C17H28N2O2. The van der Waals surface area contributed by atoms with Crippen LogP contribution in [0.2, 0.25) is 0 Å². The molecule has 0 radical (unpaired) electrons. The van der Waals surface area contributed by atoms with Gasteiger partial charge in [0.05, 0.1) is 7.11 Å². The quantitative estimate of drug-likeness (QED) is 0.846. The first-order valence-electron chi connectivity index (χ1n) is 7.91. The maximum Gasteiger partial charge on any atom is 0.162 e. The van der Waals surface area contributed by atoms with Crippen LogP contribution in [0.5, 0.6) is 11.5 Å². The molecule has 0 aliphatic carbocycles. The lowest BCUT2D eigenvalue weighted by atomic mass is 9.98. The number of hydrogen-bond acceptors (Lipinski definition) is 4. The molecule has 2 rings (SSSR count). The lowest BCUT2D eigenvalue weighted by molar-refractivity contribution is 0.162. The molecule has 1 aliphatic heterocycles. The third kappa shape index (κ3) is 4.35. The van der Waals surface area contributed by atoms with E-state index < -0.39 is 0 Å². The van der Waals surface area contributed by atoms with Crippen LogP contribution < -0.4 is 10.1 Å². The Morgan fingerprint density at radius 3 is 2.86 bits per heavy atom. The van der Waals surface area contributed by atoms with Crippen LogP contribution in [-0.2, 0) is 6.54 Å². The Kier molecular flexibility index (Phi) is 5.88. The van der Waals surface area contributed by atoms with Crippen molar-refractivity contribution in [1.82, 2.24) is 10.2 Å². The zero-order valence-corrected chi connectivity index (χ0v) is 13.4. The second-order valence-electron chi connectivity index (χ2n) is 6.20. The van der Waals surface area contributed by atoms with Crippen LogP contribution in [0.15, 0.2) is 18.2 Å². The molecule has 0 saturated carbocycles. The van der Waals surface area contributed by atoms with Gasteiger partial charge in [0.25, 0.3) is 0 Å². The Hall–Kier alpha value is -1.26. The number of para-hydroxylation sites is 1. The van der Waals surface area contributed by atoms with Gasteiger partial charge in [-0.15, -0.1) is 0 Å². The van der Waals surface area contributed by atoms with E-state index in [0.29, 0.717) is 17.7 Å². The van der Waals surface area contributed by atoms with Crippen LogP contribution in [-0.4, -0.2) is 42.8 Å². The van der Waals surface area contributed by atoms with Gasteiger partial charge in [0.15, 0.2) is 11.5 Å². The summed E-state index contributed by atoms with van der Waals surface area (Å²) in [5.41, 5.74) is 0.937. The lowest BCUT2D eigenvalue weighted by Crippen LogP contribution is -2.40.